The van der Waals surface area contributed by atoms with Gasteiger partial charge >= 0.3 is 0 Å². The molecule has 0 bridgehead atoms. The van der Waals surface area contributed by atoms with E-state index in [1.807, 2.05) is 30.0 Å². The molecule has 114 valence electrons. The lowest BCUT2D eigenvalue weighted by Gasteiger charge is -2.32. The molecule has 1 amide bonds. The molecule has 2 aromatic rings. The quantitative estimate of drug-likeness (QED) is 0.870. The van der Waals surface area contributed by atoms with Gasteiger partial charge in [-0.15, -0.1) is 10.2 Å². The Hall–Kier alpha value is -2.17. The number of hydrogen-bond acceptors (Lipinski definition) is 3. The Morgan fingerprint density at radius 3 is 2.68 bits per heavy atom. The molecule has 0 spiro atoms. The van der Waals surface area contributed by atoms with Crippen LogP contribution in [0.3, 0.4) is 0 Å². The number of benzene rings is 1. The first kappa shape index (κ1) is 13.5. The summed E-state index contributed by atoms with van der Waals surface area (Å²) < 4.78 is 2.07. The monoisotopic (exact) mass is 296 g/mol. The second-order valence-electron chi connectivity index (χ2n) is 6.29. The maximum Gasteiger partial charge on any atom is 0.245 e. The first-order chi connectivity index (χ1) is 10.7. The lowest BCUT2D eigenvalue weighted by atomic mass is 10.1. The van der Waals surface area contributed by atoms with Crippen LogP contribution in [-0.2, 0) is 17.8 Å². The number of carbonyl (C=O) groups is 1. The van der Waals surface area contributed by atoms with Gasteiger partial charge in [0, 0.05) is 12.5 Å². The molecule has 2 heterocycles. The Labute approximate surface area is 130 Å². The summed E-state index contributed by atoms with van der Waals surface area (Å²) in [6, 6.07) is 10.1. The highest BCUT2D eigenvalue weighted by Crippen LogP contribution is 2.41. The van der Waals surface area contributed by atoms with Crippen LogP contribution in [0.4, 0.5) is 0 Å². The maximum absolute atomic E-state index is 12.7. The second-order valence-corrected chi connectivity index (χ2v) is 6.29. The molecule has 22 heavy (non-hydrogen) atoms. The van der Waals surface area contributed by atoms with E-state index >= 15 is 0 Å². The summed E-state index contributed by atoms with van der Waals surface area (Å²) in [5, 5.41) is 8.66. The van der Waals surface area contributed by atoms with Crippen molar-refractivity contribution in [1.82, 2.24) is 19.7 Å². The average molecular weight is 296 g/mol. The zero-order chi connectivity index (χ0) is 15.1. The number of aromatic nitrogens is 3. The molecule has 2 aliphatic rings. The third-order valence-electron chi connectivity index (χ3n) is 4.64. The van der Waals surface area contributed by atoms with E-state index in [1.165, 1.54) is 18.4 Å². The maximum atomic E-state index is 12.7. The summed E-state index contributed by atoms with van der Waals surface area (Å²) in [5.74, 6) is 2.65. The van der Waals surface area contributed by atoms with Gasteiger partial charge in [-0.3, -0.25) is 4.79 Å². The van der Waals surface area contributed by atoms with Gasteiger partial charge in [-0.2, -0.15) is 0 Å². The Kier molecular flexibility index (Phi) is 3.21. The number of fused-ring (bicyclic) bond motifs is 1. The molecule has 0 saturated heterocycles. The number of amides is 1. The van der Waals surface area contributed by atoms with E-state index in [1.54, 1.807) is 0 Å². The standard InChI is InChI=1S/C17H20N4O/c1-12-17(22)20(10-9-13-5-3-2-4-6-13)11-15-18-19-16(21(12)15)14-7-8-14/h2-6,12,14H,7-11H2,1H3/t12-/m0/s1. The molecular formula is C17H20N4O. The van der Waals surface area contributed by atoms with Crippen LogP contribution < -0.4 is 0 Å². The molecule has 5 heteroatoms. The van der Waals surface area contributed by atoms with Crippen LogP contribution in [0.5, 0.6) is 0 Å². The van der Waals surface area contributed by atoms with Crippen molar-refractivity contribution >= 4 is 5.91 Å². The molecule has 0 unspecified atom stereocenters. The van der Waals surface area contributed by atoms with E-state index in [0.717, 1.165) is 24.6 Å². The summed E-state index contributed by atoms with van der Waals surface area (Å²) in [4.78, 5) is 14.6. The van der Waals surface area contributed by atoms with Crippen molar-refractivity contribution in [1.29, 1.82) is 0 Å². The number of nitrogens with zero attached hydrogens (tertiary/aromatic N) is 4. The molecule has 1 aliphatic carbocycles. The fourth-order valence-electron chi connectivity index (χ4n) is 3.21. The normalized spacial score (nSPS) is 21.0. The van der Waals surface area contributed by atoms with E-state index in [9.17, 15) is 4.79 Å². The third-order valence-corrected chi connectivity index (χ3v) is 4.64. The highest BCUT2D eigenvalue weighted by Gasteiger charge is 2.37. The Balaban J connectivity index is 1.52. The summed E-state index contributed by atoms with van der Waals surface area (Å²) in [6.07, 6.45) is 3.23. The van der Waals surface area contributed by atoms with Crippen molar-refractivity contribution in [2.24, 2.45) is 0 Å². The lowest BCUT2D eigenvalue weighted by Crippen LogP contribution is -2.43. The van der Waals surface area contributed by atoms with Gasteiger partial charge in [0.25, 0.3) is 0 Å². The molecule has 1 aromatic heterocycles. The molecule has 1 fully saturated rings. The van der Waals surface area contributed by atoms with Gasteiger partial charge in [0.05, 0.1) is 6.54 Å². The largest absolute Gasteiger partial charge is 0.333 e. The SMILES string of the molecule is C[C@H]1C(=O)N(CCc2ccccc2)Cc2nnc(C3CC3)n21. The van der Waals surface area contributed by atoms with Crippen molar-refractivity contribution < 1.29 is 4.79 Å². The highest BCUT2D eigenvalue weighted by atomic mass is 16.2. The first-order valence-electron chi connectivity index (χ1n) is 8.00. The topological polar surface area (TPSA) is 51.0 Å². The summed E-state index contributed by atoms with van der Waals surface area (Å²) in [5.41, 5.74) is 1.26. The molecule has 0 N–H and O–H groups in total. The van der Waals surface area contributed by atoms with E-state index in [-0.39, 0.29) is 11.9 Å². The molecule has 1 atom stereocenters. The summed E-state index contributed by atoms with van der Waals surface area (Å²) in [6.45, 7) is 3.28. The van der Waals surface area contributed by atoms with Crippen molar-refractivity contribution in [2.75, 3.05) is 6.54 Å². The number of rotatable bonds is 4. The molecular weight excluding hydrogens is 276 g/mol. The van der Waals surface area contributed by atoms with E-state index in [2.05, 4.69) is 26.9 Å². The summed E-state index contributed by atoms with van der Waals surface area (Å²) in [7, 11) is 0. The van der Waals surface area contributed by atoms with Crippen molar-refractivity contribution in [3.63, 3.8) is 0 Å². The van der Waals surface area contributed by atoms with Gasteiger partial charge in [0.1, 0.15) is 11.9 Å². The Bertz CT molecular complexity index is 690. The smallest absolute Gasteiger partial charge is 0.245 e. The predicted molar refractivity (Wildman–Crippen MR) is 82.3 cm³/mol. The minimum Gasteiger partial charge on any atom is -0.333 e. The van der Waals surface area contributed by atoms with Crippen molar-refractivity contribution in [2.45, 2.75) is 44.7 Å². The zero-order valence-electron chi connectivity index (χ0n) is 12.8. The molecule has 1 aromatic carbocycles. The van der Waals surface area contributed by atoms with Crippen LogP contribution in [-0.4, -0.2) is 32.1 Å². The van der Waals surface area contributed by atoms with Crippen LogP contribution >= 0.6 is 0 Å². The fraction of sp³-hybridized carbons (Fsp3) is 0.471. The van der Waals surface area contributed by atoms with Gasteiger partial charge < -0.3 is 9.47 Å². The molecule has 0 radical (unpaired) electrons. The van der Waals surface area contributed by atoms with Crippen LogP contribution in [0.2, 0.25) is 0 Å². The number of carbonyl (C=O) groups excluding carboxylic acids is 1. The minimum absolute atomic E-state index is 0.176. The van der Waals surface area contributed by atoms with Gasteiger partial charge in [0.2, 0.25) is 5.91 Å². The van der Waals surface area contributed by atoms with E-state index in [4.69, 9.17) is 0 Å². The van der Waals surface area contributed by atoms with Crippen molar-refractivity contribution in [3.8, 4) is 0 Å². The van der Waals surface area contributed by atoms with Crippen LogP contribution in [0.15, 0.2) is 30.3 Å². The fourth-order valence-corrected chi connectivity index (χ4v) is 3.21. The Morgan fingerprint density at radius 2 is 1.95 bits per heavy atom. The molecule has 5 nitrogen and oxygen atoms in total. The van der Waals surface area contributed by atoms with Gasteiger partial charge in [0.15, 0.2) is 5.82 Å². The predicted octanol–water partition coefficient (Wildman–Crippen LogP) is 2.30. The first-order valence-corrected chi connectivity index (χ1v) is 8.00. The molecule has 1 aliphatic heterocycles. The third kappa shape index (κ3) is 2.30. The number of hydrogen-bond donors (Lipinski definition) is 0. The zero-order valence-corrected chi connectivity index (χ0v) is 12.8. The van der Waals surface area contributed by atoms with E-state index in [0.29, 0.717) is 12.5 Å². The van der Waals surface area contributed by atoms with E-state index < -0.39 is 0 Å². The van der Waals surface area contributed by atoms with Gasteiger partial charge in [-0.25, -0.2) is 0 Å². The van der Waals surface area contributed by atoms with Crippen molar-refractivity contribution in [3.05, 3.63) is 47.5 Å². The van der Waals surface area contributed by atoms with Crippen LogP contribution in [0.1, 0.15) is 48.9 Å². The molecule has 4 rings (SSSR count). The van der Waals surface area contributed by atoms with Crippen LogP contribution in [0, 0.1) is 0 Å². The minimum atomic E-state index is -0.176. The van der Waals surface area contributed by atoms with Gasteiger partial charge in [-0.1, -0.05) is 30.3 Å². The van der Waals surface area contributed by atoms with Gasteiger partial charge in [-0.05, 0) is 31.7 Å². The highest BCUT2D eigenvalue weighted by molar-refractivity contribution is 5.81. The average Bonchev–Trinajstić information content (AvgIpc) is 3.30. The molecule has 1 saturated carbocycles. The second kappa shape index (κ2) is 5.23. The van der Waals surface area contributed by atoms with Crippen LogP contribution in [0.25, 0.3) is 0 Å². The Morgan fingerprint density at radius 1 is 1.18 bits per heavy atom. The lowest BCUT2D eigenvalue weighted by molar-refractivity contribution is -0.137. The summed E-state index contributed by atoms with van der Waals surface area (Å²) >= 11 is 0.